The van der Waals surface area contributed by atoms with Gasteiger partial charge in [-0.15, -0.1) is 5.10 Å². The number of nitrogens with zero attached hydrogens (tertiary/aromatic N) is 3. The Morgan fingerprint density at radius 1 is 1.46 bits per heavy atom. The molecule has 4 heteroatoms. The third-order valence-electron chi connectivity index (χ3n) is 1.97. The molecule has 1 aromatic heterocycles. The highest BCUT2D eigenvalue weighted by Gasteiger charge is 2.12. The van der Waals surface area contributed by atoms with Gasteiger partial charge in [-0.2, -0.15) is 0 Å². The van der Waals surface area contributed by atoms with E-state index in [1.165, 1.54) is 16.5 Å². The number of rotatable bonds is 4. The molecule has 0 aliphatic carbocycles. The third-order valence-corrected chi connectivity index (χ3v) is 3.08. The minimum absolute atomic E-state index is 0.474. The average Bonchev–Trinajstić information content (AvgIpc) is 2.43. The van der Waals surface area contributed by atoms with Crippen LogP contribution in [0, 0.1) is 3.70 Å². The molecule has 13 heavy (non-hydrogen) atoms. The fourth-order valence-corrected chi connectivity index (χ4v) is 2.19. The van der Waals surface area contributed by atoms with E-state index in [9.17, 15) is 0 Å². The van der Waals surface area contributed by atoms with Gasteiger partial charge in [0, 0.05) is 12.5 Å². The zero-order valence-electron chi connectivity index (χ0n) is 8.42. The molecule has 0 saturated carbocycles. The van der Waals surface area contributed by atoms with Gasteiger partial charge in [-0.25, -0.2) is 4.68 Å². The average molecular weight is 293 g/mol. The first kappa shape index (κ1) is 10.9. The summed E-state index contributed by atoms with van der Waals surface area (Å²) < 4.78 is 3.19. The highest BCUT2D eigenvalue weighted by atomic mass is 127. The maximum Gasteiger partial charge on any atom is 0.123 e. The fourth-order valence-electron chi connectivity index (χ4n) is 1.12. The van der Waals surface area contributed by atoms with Crippen LogP contribution >= 0.6 is 22.6 Å². The second-order valence-corrected chi connectivity index (χ2v) is 4.52. The lowest BCUT2D eigenvalue weighted by Gasteiger charge is -2.02. The molecule has 0 fully saturated rings. The van der Waals surface area contributed by atoms with Crippen molar-refractivity contribution < 1.29 is 0 Å². The van der Waals surface area contributed by atoms with Gasteiger partial charge >= 0.3 is 0 Å². The topological polar surface area (TPSA) is 30.7 Å². The molecule has 3 nitrogen and oxygen atoms in total. The SMILES string of the molecule is CCCCn1nnc(C(C)C)c1I. The molecule has 0 radical (unpaired) electrons. The van der Waals surface area contributed by atoms with Crippen LogP contribution in [0.5, 0.6) is 0 Å². The predicted octanol–water partition coefficient (Wildman–Crippen LogP) is 2.81. The van der Waals surface area contributed by atoms with Crippen LogP contribution in [-0.2, 0) is 6.54 Å². The number of halogens is 1. The third kappa shape index (κ3) is 2.65. The molecule has 0 unspecified atom stereocenters. The molecule has 0 amide bonds. The highest BCUT2D eigenvalue weighted by Crippen LogP contribution is 2.18. The van der Waals surface area contributed by atoms with E-state index >= 15 is 0 Å². The van der Waals surface area contributed by atoms with E-state index in [-0.39, 0.29) is 0 Å². The summed E-state index contributed by atoms with van der Waals surface area (Å²) in [5.41, 5.74) is 1.12. The molecule has 0 N–H and O–H groups in total. The van der Waals surface area contributed by atoms with Crippen molar-refractivity contribution in [3.05, 3.63) is 9.39 Å². The minimum atomic E-state index is 0.474. The summed E-state index contributed by atoms with van der Waals surface area (Å²) >= 11 is 2.33. The van der Waals surface area contributed by atoms with Crippen molar-refractivity contribution >= 4 is 22.6 Å². The van der Waals surface area contributed by atoms with Crippen molar-refractivity contribution in [2.75, 3.05) is 0 Å². The smallest absolute Gasteiger partial charge is 0.123 e. The Morgan fingerprint density at radius 3 is 2.62 bits per heavy atom. The lowest BCUT2D eigenvalue weighted by molar-refractivity contribution is 0.543. The zero-order chi connectivity index (χ0) is 9.84. The molecular formula is C9H16IN3. The van der Waals surface area contributed by atoms with Gasteiger partial charge in [0.2, 0.25) is 0 Å². The Bertz CT molecular complexity index is 268. The molecule has 1 heterocycles. The van der Waals surface area contributed by atoms with Crippen molar-refractivity contribution in [3.63, 3.8) is 0 Å². The molecule has 0 aromatic carbocycles. The Labute approximate surface area is 93.0 Å². The molecule has 0 aliphatic rings. The normalized spacial score (nSPS) is 11.2. The molecule has 0 spiro atoms. The van der Waals surface area contributed by atoms with Crippen LogP contribution < -0.4 is 0 Å². The van der Waals surface area contributed by atoms with Crippen LogP contribution in [-0.4, -0.2) is 15.0 Å². The lowest BCUT2D eigenvalue weighted by Crippen LogP contribution is -2.02. The van der Waals surface area contributed by atoms with Crippen LogP contribution in [0.25, 0.3) is 0 Å². The van der Waals surface area contributed by atoms with E-state index in [1.807, 2.05) is 4.68 Å². The Hall–Kier alpha value is -0.130. The molecule has 74 valence electrons. The number of aryl methyl sites for hydroxylation is 1. The maximum absolute atomic E-state index is 4.17. The van der Waals surface area contributed by atoms with Gasteiger partial charge in [-0.05, 0) is 29.0 Å². The summed E-state index contributed by atoms with van der Waals surface area (Å²) in [4.78, 5) is 0. The maximum atomic E-state index is 4.17. The quantitative estimate of drug-likeness (QED) is 0.799. The second-order valence-electron chi connectivity index (χ2n) is 3.50. The Balaban J connectivity index is 2.74. The Morgan fingerprint density at radius 2 is 2.15 bits per heavy atom. The predicted molar refractivity (Wildman–Crippen MR) is 61.7 cm³/mol. The van der Waals surface area contributed by atoms with Crippen molar-refractivity contribution in [3.8, 4) is 0 Å². The van der Waals surface area contributed by atoms with Crippen molar-refractivity contribution in [1.82, 2.24) is 15.0 Å². The van der Waals surface area contributed by atoms with Gasteiger partial charge in [-0.1, -0.05) is 32.4 Å². The van der Waals surface area contributed by atoms with Crippen molar-refractivity contribution in [2.24, 2.45) is 0 Å². The van der Waals surface area contributed by atoms with Crippen molar-refractivity contribution in [1.29, 1.82) is 0 Å². The molecule has 0 aliphatic heterocycles. The monoisotopic (exact) mass is 293 g/mol. The van der Waals surface area contributed by atoms with E-state index in [4.69, 9.17) is 0 Å². The number of aromatic nitrogens is 3. The number of hydrogen-bond acceptors (Lipinski definition) is 2. The first-order valence-electron chi connectivity index (χ1n) is 4.75. The first-order chi connectivity index (χ1) is 6.16. The van der Waals surface area contributed by atoms with Gasteiger partial charge < -0.3 is 0 Å². The van der Waals surface area contributed by atoms with Gasteiger partial charge in [0.1, 0.15) is 3.70 Å². The van der Waals surface area contributed by atoms with Gasteiger partial charge in [0.15, 0.2) is 0 Å². The molecule has 0 saturated heterocycles. The van der Waals surface area contributed by atoms with E-state index in [0.29, 0.717) is 5.92 Å². The van der Waals surface area contributed by atoms with E-state index in [2.05, 4.69) is 53.7 Å². The van der Waals surface area contributed by atoms with E-state index in [0.717, 1.165) is 12.2 Å². The van der Waals surface area contributed by atoms with Crippen LogP contribution in [0.4, 0.5) is 0 Å². The van der Waals surface area contributed by atoms with Crippen molar-refractivity contribution in [2.45, 2.75) is 46.1 Å². The standard InChI is InChI=1S/C9H16IN3/c1-4-5-6-13-9(10)8(7(2)3)11-12-13/h7H,4-6H2,1-3H3. The van der Waals surface area contributed by atoms with Crippen LogP contribution in [0.15, 0.2) is 0 Å². The lowest BCUT2D eigenvalue weighted by atomic mass is 10.2. The second kappa shape index (κ2) is 4.93. The van der Waals surface area contributed by atoms with Gasteiger partial charge in [-0.3, -0.25) is 0 Å². The van der Waals surface area contributed by atoms with Gasteiger partial charge in [0.05, 0.1) is 5.69 Å². The summed E-state index contributed by atoms with van der Waals surface area (Å²) in [6.07, 6.45) is 2.38. The first-order valence-corrected chi connectivity index (χ1v) is 5.83. The molecule has 1 aromatic rings. The fraction of sp³-hybridized carbons (Fsp3) is 0.778. The molecule has 0 bridgehead atoms. The highest BCUT2D eigenvalue weighted by molar-refractivity contribution is 14.1. The summed E-state index contributed by atoms with van der Waals surface area (Å²) in [5.74, 6) is 0.474. The summed E-state index contributed by atoms with van der Waals surface area (Å²) in [5, 5.41) is 8.31. The van der Waals surface area contributed by atoms with E-state index in [1.54, 1.807) is 0 Å². The zero-order valence-corrected chi connectivity index (χ0v) is 10.6. The minimum Gasteiger partial charge on any atom is -0.239 e. The Kier molecular flexibility index (Phi) is 4.15. The summed E-state index contributed by atoms with van der Waals surface area (Å²) in [6, 6.07) is 0. The number of hydrogen-bond donors (Lipinski definition) is 0. The van der Waals surface area contributed by atoms with Crippen LogP contribution in [0.2, 0.25) is 0 Å². The van der Waals surface area contributed by atoms with Gasteiger partial charge in [0.25, 0.3) is 0 Å². The number of unbranched alkanes of at least 4 members (excludes halogenated alkanes) is 1. The molecule has 1 rings (SSSR count). The van der Waals surface area contributed by atoms with Crippen LogP contribution in [0.1, 0.15) is 45.2 Å². The molecule has 0 atom stereocenters. The van der Waals surface area contributed by atoms with E-state index < -0.39 is 0 Å². The van der Waals surface area contributed by atoms with Crippen LogP contribution in [0.3, 0.4) is 0 Å². The summed E-state index contributed by atoms with van der Waals surface area (Å²) in [6.45, 7) is 7.48. The summed E-state index contributed by atoms with van der Waals surface area (Å²) in [7, 11) is 0. The largest absolute Gasteiger partial charge is 0.239 e. The molecular weight excluding hydrogens is 277 g/mol.